The molecule has 12 nitrogen and oxygen atoms in total. The normalized spacial score (nSPS) is 16.8. The monoisotopic (exact) mass is 820 g/mol. The maximum Gasteiger partial charge on any atom is 0.244 e. The number of sulfonamides is 1. The van der Waals surface area contributed by atoms with Crippen molar-refractivity contribution in [1.82, 2.24) is 19.5 Å². The zero-order valence-corrected chi connectivity index (χ0v) is 33.8. The lowest BCUT2D eigenvalue weighted by Crippen LogP contribution is -3.00. The summed E-state index contributed by atoms with van der Waals surface area (Å²) in [7, 11) is 1.94. The summed E-state index contributed by atoms with van der Waals surface area (Å²) in [5.74, 6) is 0.000192. The first-order valence-corrected chi connectivity index (χ1v) is 19.1. The van der Waals surface area contributed by atoms with Crippen LogP contribution in [0.5, 0.6) is 5.75 Å². The zero-order chi connectivity index (χ0) is 36.3. The lowest BCUT2D eigenvalue weighted by molar-refractivity contribution is -0.870. The number of benzene rings is 2. The molecule has 0 aliphatic carbocycles. The first kappa shape index (κ1) is 43.9. The highest BCUT2D eigenvalue weighted by molar-refractivity contribution is 7.89. The smallest absolute Gasteiger partial charge is 0.244 e. The Labute approximate surface area is 328 Å². The second kappa shape index (κ2) is 18.2. The summed E-state index contributed by atoms with van der Waals surface area (Å²) < 4.78 is 43.3. The Morgan fingerprint density at radius 3 is 2.35 bits per heavy atom. The number of rotatable bonds is 12. The molecule has 3 aromatic rings. The van der Waals surface area contributed by atoms with E-state index in [1.807, 2.05) is 31.2 Å². The molecular formula is C35H48Cl4N6O6S. The maximum atomic E-state index is 14.2. The van der Waals surface area contributed by atoms with E-state index in [-0.39, 0.29) is 103 Å². The molecule has 52 heavy (non-hydrogen) atoms. The average molecular weight is 823 g/mol. The molecule has 2 aromatic carbocycles. The quantitative estimate of drug-likeness (QED) is 0.260. The lowest BCUT2D eigenvalue weighted by Gasteiger charge is -2.43. The Balaban J connectivity index is 0.00000364. The minimum Gasteiger partial charge on any atom is -1.00 e. The Morgan fingerprint density at radius 1 is 1.04 bits per heavy atom. The molecule has 17 heteroatoms. The average Bonchev–Trinajstić information content (AvgIpc) is 3.07. The number of nitrogens with one attached hydrogen (secondary N) is 1. The first-order valence-electron chi connectivity index (χ1n) is 16.8. The second-order valence-electron chi connectivity index (χ2n) is 14.1. The van der Waals surface area contributed by atoms with Gasteiger partial charge in [-0.05, 0) is 56.9 Å². The highest BCUT2D eigenvalue weighted by atomic mass is 35.5. The van der Waals surface area contributed by atoms with Crippen LogP contribution in [0.25, 0.3) is 10.9 Å². The summed E-state index contributed by atoms with van der Waals surface area (Å²) in [6.07, 6.45) is 1.68. The molecule has 2 fully saturated rings. The van der Waals surface area contributed by atoms with Crippen molar-refractivity contribution in [2.24, 2.45) is 5.73 Å². The number of hydrogen-bond acceptors (Lipinski definition) is 8. The number of carbonyl (C=O) groups is 2. The third kappa shape index (κ3) is 10.4. The van der Waals surface area contributed by atoms with Crippen molar-refractivity contribution < 1.29 is 44.4 Å². The maximum absolute atomic E-state index is 14.2. The molecule has 0 bridgehead atoms. The second-order valence-corrected chi connectivity index (χ2v) is 16.5. The first-order chi connectivity index (χ1) is 23.6. The fraction of sp³-hybridized carbons (Fsp3) is 0.514. The van der Waals surface area contributed by atoms with Crippen LogP contribution in [0, 0.1) is 6.92 Å². The number of ether oxygens (including phenoxy) is 2. The van der Waals surface area contributed by atoms with Crippen molar-refractivity contribution in [1.29, 1.82) is 0 Å². The molecule has 1 atom stereocenters. The van der Waals surface area contributed by atoms with Crippen LogP contribution in [0.4, 0.5) is 0 Å². The van der Waals surface area contributed by atoms with Crippen molar-refractivity contribution in [3.63, 3.8) is 0 Å². The number of halogens is 4. The van der Waals surface area contributed by atoms with Gasteiger partial charge in [0.15, 0.2) is 0 Å². The van der Waals surface area contributed by atoms with Gasteiger partial charge in [0, 0.05) is 61.1 Å². The predicted octanol–water partition coefficient (Wildman–Crippen LogP) is 1.17. The van der Waals surface area contributed by atoms with E-state index >= 15 is 0 Å². The van der Waals surface area contributed by atoms with Gasteiger partial charge in [0.05, 0.1) is 38.8 Å². The van der Waals surface area contributed by atoms with Crippen molar-refractivity contribution in [3.8, 4) is 5.75 Å². The van der Waals surface area contributed by atoms with Crippen LogP contribution in [0.2, 0.25) is 10.0 Å². The third-order valence-corrected chi connectivity index (χ3v) is 11.7. The molecule has 2 saturated heterocycles. The molecule has 2 aliphatic heterocycles. The minimum absolute atomic E-state index is 0. The van der Waals surface area contributed by atoms with Gasteiger partial charge in [-0.2, -0.15) is 4.72 Å². The fourth-order valence-electron chi connectivity index (χ4n) is 6.37. The molecule has 288 valence electrons. The lowest BCUT2D eigenvalue weighted by atomic mass is 9.89. The van der Waals surface area contributed by atoms with Gasteiger partial charge in [-0.1, -0.05) is 41.4 Å². The number of hydrogen-bond donors (Lipinski definition) is 2. The molecule has 2 amide bonds. The molecular weight excluding hydrogens is 774 g/mol. The van der Waals surface area contributed by atoms with Gasteiger partial charge in [0.2, 0.25) is 21.8 Å². The Morgan fingerprint density at radius 2 is 1.69 bits per heavy atom. The highest BCUT2D eigenvalue weighted by Gasteiger charge is 2.47. The van der Waals surface area contributed by atoms with E-state index in [4.69, 9.17) is 38.4 Å². The molecule has 1 aromatic heterocycles. The van der Waals surface area contributed by atoms with E-state index < -0.39 is 21.6 Å². The van der Waals surface area contributed by atoms with Crippen LogP contribution in [0.1, 0.15) is 36.9 Å². The molecule has 2 aliphatic rings. The van der Waals surface area contributed by atoms with Gasteiger partial charge in [0.1, 0.15) is 28.3 Å². The summed E-state index contributed by atoms with van der Waals surface area (Å²) in [6, 6.07) is 11.6. The van der Waals surface area contributed by atoms with Crippen molar-refractivity contribution in [2.45, 2.75) is 55.7 Å². The molecule has 0 spiro atoms. The van der Waals surface area contributed by atoms with E-state index in [1.54, 1.807) is 15.9 Å². The predicted molar refractivity (Wildman–Crippen MR) is 201 cm³/mol. The number of aryl methyl sites for hydroxylation is 1. The molecule has 0 radical (unpaired) electrons. The van der Waals surface area contributed by atoms with E-state index in [0.717, 1.165) is 28.5 Å². The number of carbonyl (C=O) groups excluding carboxylic acids is 2. The van der Waals surface area contributed by atoms with Crippen LogP contribution in [-0.2, 0) is 31.0 Å². The summed E-state index contributed by atoms with van der Waals surface area (Å²) in [4.78, 5) is 34.9. The van der Waals surface area contributed by atoms with E-state index in [2.05, 4.69) is 30.8 Å². The number of quaternary nitrogens is 1. The Bertz CT molecular complexity index is 1830. The summed E-state index contributed by atoms with van der Waals surface area (Å²) >= 11 is 13.3. The molecule has 0 saturated carbocycles. The largest absolute Gasteiger partial charge is 1.00 e. The zero-order valence-electron chi connectivity index (χ0n) is 29.9. The molecule has 3 heterocycles. The molecule has 5 rings (SSSR count). The number of pyridine rings is 1. The van der Waals surface area contributed by atoms with Crippen LogP contribution in [-0.4, -0.2) is 118 Å². The van der Waals surface area contributed by atoms with E-state index in [1.165, 1.54) is 12.1 Å². The number of para-hydroxylation sites is 1. The Kier molecular flexibility index (Phi) is 15.4. The standard InChI is InChI=1S/C35H47Cl2N6O6S.2ClH/c1-24-10-11-25-7-5-9-29(32(25)39-24)49-23-26-27(36)12-13-30(31(26)37)50(46,47)40-35(14-21-48-22-15-35)34(45)42-18-16-41(17-19-42)33(44)28(38)8-6-20-43(2,3)4;;/h5,7,9-13,28,40H,6,8,14-23,38H2,1-4H3;2*1H/q+1;;/p-1/t28-;;/m0../s1. The van der Waals surface area contributed by atoms with Gasteiger partial charge in [-0.3, -0.25) is 9.59 Å². The van der Waals surface area contributed by atoms with Gasteiger partial charge < -0.3 is 41.9 Å². The minimum atomic E-state index is -4.34. The van der Waals surface area contributed by atoms with Crippen LogP contribution in [0.15, 0.2) is 47.4 Å². The van der Waals surface area contributed by atoms with Crippen LogP contribution >= 0.6 is 35.6 Å². The summed E-state index contributed by atoms with van der Waals surface area (Å²) in [5.41, 5.74) is 6.55. The van der Waals surface area contributed by atoms with Gasteiger partial charge >= 0.3 is 0 Å². The van der Waals surface area contributed by atoms with Crippen molar-refractivity contribution in [2.75, 3.05) is 67.1 Å². The Hall–Kier alpha value is -2.46. The fourth-order valence-corrected chi connectivity index (χ4v) is 8.67. The number of piperazine rings is 1. The summed E-state index contributed by atoms with van der Waals surface area (Å²) in [5, 5.41) is 1.02. The van der Waals surface area contributed by atoms with E-state index in [0.29, 0.717) is 30.8 Å². The molecule has 3 N–H and O–H groups in total. The number of nitrogens with zero attached hydrogens (tertiary/aromatic N) is 4. The van der Waals surface area contributed by atoms with Crippen molar-refractivity contribution >= 4 is 68.3 Å². The highest BCUT2D eigenvalue weighted by Crippen LogP contribution is 2.35. The van der Waals surface area contributed by atoms with Crippen LogP contribution in [0.3, 0.4) is 0 Å². The topological polar surface area (TPSA) is 144 Å². The third-order valence-electron chi connectivity index (χ3n) is 9.26. The van der Waals surface area contributed by atoms with Crippen LogP contribution < -0.4 is 27.6 Å². The van der Waals surface area contributed by atoms with Gasteiger partial charge in [-0.25, -0.2) is 13.4 Å². The van der Waals surface area contributed by atoms with Gasteiger partial charge in [0.25, 0.3) is 0 Å². The summed E-state index contributed by atoms with van der Waals surface area (Å²) in [6.45, 7) is 4.20. The number of nitrogens with two attached hydrogens (primary N) is 1. The number of amides is 2. The van der Waals surface area contributed by atoms with E-state index in [9.17, 15) is 18.0 Å². The number of aromatic nitrogens is 1. The number of fused-ring (bicyclic) bond motifs is 1. The molecule has 0 unspecified atom stereocenters. The van der Waals surface area contributed by atoms with Gasteiger partial charge in [-0.15, -0.1) is 12.4 Å². The SMILES string of the molecule is Cc1ccc2cccc(OCc3c(Cl)ccc(S(=O)(=O)NC4(C(=O)N5CCN(C(=O)[C@@H](N)CCC[N+](C)(C)C)CC5)CCOCC4)c3Cl)c2n1.Cl.[Cl-]. The van der Waals surface area contributed by atoms with Crippen molar-refractivity contribution in [3.05, 3.63) is 63.8 Å².